The molecule has 0 radical (unpaired) electrons. The minimum atomic E-state index is -0.871. The van der Waals surface area contributed by atoms with Gasteiger partial charge in [-0.25, -0.2) is 4.79 Å². The molecule has 0 saturated heterocycles. The first-order chi connectivity index (χ1) is 18.5. The molecule has 1 aromatic carbocycles. The molecule has 1 rings (SSSR count). The van der Waals surface area contributed by atoms with Gasteiger partial charge in [0.1, 0.15) is 12.6 Å². The summed E-state index contributed by atoms with van der Waals surface area (Å²) in [5.74, 6) is -1.36. The highest BCUT2D eigenvalue weighted by molar-refractivity contribution is 5.97. The van der Waals surface area contributed by atoms with Crippen molar-refractivity contribution in [2.24, 2.45) is 11.7 Å². The van der Waals surface area contributed by atoms with E-state index in [0.29, 0.717) is 38.4 Å². The van der Waals surface area contributed by atoms with Crippen molar-refractivity contribution in [2.45, 2.75) is 59.2 Å². The highest BCUT2D eigenvalue weighted by atomic mass is 16.5. The van der Waals surface area contributed by atoms with Gasteiger partial charge in [-0.2, -0.15) is 0 Å². The van der Waals surface area contributed by atoms with Crippen molar-refractivity contribution >= 4 is 35.4 Å². The zero-order valence-electron chi connectivity index (χ0n) is 23.1. The van der Waals surface area contributed by atoms with E-state index in [1.165, 1.54) is 13.8 Å². The second-order valence-corrected chi connectivity index (χ2v) is 9.23. The van der Waals surface area contributed by atoms with E-state index in [4.69, 9.17) is 15.2 Å². The first-order valence-corrected chi connectivity index (χ1v) is 12.9. The summed E-state index contributed by atoms with van der Waals surface area (Å²) in [6.07, 6.45) is 0.671. The SMILES string of the molecule is CC(=O)NCCOCCN[C@H](C(=O)N[C@@H](CCCNC(N)=O)C(=O)Nc1ccc(COC(C)=O)cc1)C(C)C. The van der Waals surface area contributed by atoms with E-state index in [-0.39, 0.29) is 43.3 Å². The van der Waals surface area contributed by atoms with Gasteiger partial charge in [0.05, 0.1) is 19.3 Å². The molecule has 2 atom stereocenters. The number of carbonyl (C=O) groups is 5. The van der Waals surface area contributed by atoms with Gasteiger partial charge in [0.15, 0.2) is 0 Å². The van der Waals surface area contributed by atoms with Crippen molar-refractivity contribution < 1.29 is 33.4 Å². The second kappa shape index (κ2) is 18.5. The molecular weight excluding hydrogens is 508 g/mol. The van der Waals surface area contributed by atoms with Gasteiger partial charge in [-0.1, -0.05) is 26.0 Å². The fourth-order valence-electron chi connectivity index (χ4n) is 3.47. The summed E-state index contributed by atoms with van der Waals surface area (Å²) in [7, 11) is 0. The number of nitrogens with one attached hydrogen (secondary N) is 5. The number of amides is 5. The van der Waals surface area contributed by atoms with Crippen LogP contribution in [-0.4, -0.2) is 74.7 Å². The standard InChI is InChI=1S/C26H42N6O7/c1-17(2)23(29-13-15-38-14-12-28-18(3)33)25(36)32-22(6-5-11-30-26(27)37)24(35)31-21-9-7-20(8-10-21)16-39-19(4)34/h7-10,17,22-23,29H,5-6,11-16H2,1-4H3,(H,28,33)(H,31,35)(H,32,36)(H3,27,30,37)/t22-,23-/m0/s1. The molecule has 0 bridgehead atoms. The topological polar surface area (TPSA) is 190 Å². The number of carbonyl (C=O) groups excluding carboxylic acids is 5. The Morgan fingerprint density at radius 1 is 0.897 bits per heavy atom. The van der Waals surface area contributed by atoms with Gasteiger partial charge in [-0.15, -0.1) is 0 Å². The van der Waals surface area contributed by atoms with Gasteiger partial charge in [0.25, 0.3) is 0 Å². The average Bonchev–Trinajstić information content (AvgIpc) is 2.86. The molecule has 0 spiro atoms. The van der Waals surface area contributed by atoms with Crippen molar-refractivity contribution in [1.29, 1.82) is 0 Å². The number of benzene rings is 1. The van der Waals surface area contributed by atoms with Crippen molar-refractivity contribution in [1.82, 2.24) is 21.3 Å². The summed E-state index contributed by atoms with van der Waals surface area (Å²) in [5.41, 5.74) is 6.38. The molecule has 0 aliphatic rings. The number of anilines is 1. The number of hydrogen-bond acceptors (Lipinski definition) is 8. The summed E-state index contributed by atoms with van der Waals surface area (Å²) in [6, 6.07) is 4.67. The van der Waals surface area contributed by atoms with Gasteiger partial charge < -0.3 is 41.8 Å². The average molecular weight is 551 g/mol. The third-order valence-corrected chi connectivity index (χ3v) is 5.45. The molecule has 0 aliphatic carbocycles. The van der Waals surface area contributed by atoms with E-state index < -0.39 is 24.0 Å². The first-order valence-electron chi connectivity index (χ1n) is 12.9. The van der Waals surface area contributed by atoms with Crippen molar-refractivity contribution in [3.63, 3.8) is 0 Å². The maximum absolute atomic E-state index is 13.1. The number of ether oxygens (including phenoxy) is 2. The highest BCUT2D eigenvalue weighted by Gasteiger charge is 2.27. The number of rotatable bonds is 18. The number of urea groups is 1. The van der Waals surface area contributed by atoms with Gasteiger partial charge in [-0.05, 0) is 36.5 Å². The Kier molecular flexibility index (Phi) is 15.8. The smallest absolute Gasteiger partial charge is 0.312 e. The first kappa shape index (κ1) is 33.3. The lowest BCUT2D eigenvalue weighted by Crippen LogP contribution is -2.53. The lowest BCUT2D eigenvalue weighted by Gasteiger charge is -2.25. The maximum Gasteiger partial charge on any atom is 0.312 e. The third kappa shape index (κ3) is 15.3. The van der Waals surface area contributed by atoms with Crippen LogP contribution < -0.4 is 32.3 Å². The van der Waals surface area contributed by atoms with Gasteiger partial charge in [-0.3, -0.25) is 19.2 Å². The molecule has 7 N–H and O–H groups in total. The molecule has 0 saturated carbocycles. The van der Waals surface area contributed by atoms with Gasteiger partial charge in [0.2, 0.25) is 17.7 Å². The van der Waals surface area contributed by atoms with Crippen LogP contribution in [0.3, 0.4) is 0 Å². The van der Waals surface area contributed by atoms with Crippen LogP contribution in [0.4, 0.5) is 10.5 Å². The van der Waals surface area contributed by atoms with Crippen molar-refractivity contribution in [3.05, 3.63) is 29.8 Å². The summed E-state index contributed by atoms with van der Waals surface area (Å²) in [4.78, 5) is 59.1. The Bertz CT molecular complexity index is 939. The molecule has 39 heavy (non-hydrogen) atoms. The predicted octanol–water partition coefficient (Wildman–Crippen LogP) is 0.388. The fraction of sp³-hybridized carbons (Fsp3) is 0.577. The molecular formula is C26H42N6O7. The molecule has 0 heterocycles. The Morgan fingerprint density at radius 3 is 2.15 bits per heavy atom. The van der Waals surface area contributed by atoms with Gasteiger partial charge >= 0.3 is 12.0 Å². The zero-order valence-corrected chi connectivity index (χ0v) is 23.1. The normalized spacial score (nSPS) is 12.2. The zero-order chi connectivity index (χ0) is 29.2. The quantitative estimate of drug-likeness (QED) is 0.112. The molecule has 0 fully saturated rings. The second-order valence-electron chi connectivity index (χ2n) is 9.23. The fourth-order valence-corrected chi connectivity index (χ4v) is 3.47. The number of primary amides is 1. The molecule has 1 aromatic rings. The van der Waals surface area contributed by atoms with Crippen molar-refractivity contribution in [3.8, 4) is 0 Å². The highest BCUT2D eigenvalue weighted by Crippen LogP contribution is 2.12. The van der Waals surface area contributed by atoms with Crippen LogP contribution in [0.5, 0.6) is 0 Å². The van der Waals surface area contributed by atoms with Crippen LogP contribution in [0.15, 0.2) is 24.3 Å². The summed E-state index contributed by atoms with van der Waals surface area (Å²) >= 11 is 0. The van der Waals surface area contributed by atoms with Crippen LogP contribution in [-0.2, 0) is 35.3 Å². The van der Waals surface area contributed by atoms with Gasteiger partial charge in [0, 0.05) is 39.2 Å². The van der Waals surface area contributed by atoms with E-state index in [0.717, 1.165) is 5.56 Å². The number of esters is 1. The monoisotopic (exact) mass is 550 g/mol. The molecule has 0 aromatic heterocycles. The maximum atomic E-state index is 13.1. The lowest BCUT2D eigenvalue weighted by atomic mass is 10.0. The molecule has 5 amide bonds. The molecule has 218 valence electrons. The number of nitrogens with two attached hydrogens (primary N) is 1. The Balaban J connectivity index is 2.75. The predicted molar refractivity (Wildman–Crippen MR) is 145 cm³/mol. The minimum absolute atomic E-state index is 0.0746. The van der Waals surface area contributed by atoms with Crippen LogP contribution in [0.25, 0.3) is 0 Å². The third-order valence-electron chi connectivity index (χ3n) is 5.45. The Morgan fingerprint density at radius 2 is 1.56 bits per heavy atom. The van der Waals surface area contributed by atoms with E-state index in [9.17, 15) is 24.0 Å². The van der Waals surface area contributed by atoms with Crippen LogP contribution in [0.2, 0.25) is 0 Å². The summed E-state index contributed by atoms with van der Waals surface area (Å²) < 4.78 is 10.4. The van der Waals surface area contributed by atoms with E-state index in [1.54, 1.807) is 24.3 Å². The summed E-state index contributed by atoms with van der Waals surface area (Å²) in [6.45, 7) is 8.40. The van der Waals surface area contributed by atoms with Crippen LogP contribution in [0, 0.1) is 5.92 Å². The Hall–Kier alpha value is -3.71. The summed E-state index contributed by atoms with van der Waals surface area (Å²) in [5, 5.41) is 13.9. The minimum Gasteiger partial charge on any atom is -0.461 e. The van der Waals surface area contributed by atoms with Crippen molar-refractivity contribution in [2.75, 3.05) is 38.2 Å². The molecule has 0 aliphatic heterocycles. The molecule has 13 heteroatoms. The lowest BCUT2D eigenvalue weighted by molar-refractivity contribution is -0.142. The van der Waals surface area contributed by atoms with Crippen LogP contribution >= 0.6 is 0 Å². The molecule has 13 nitrogen and oxygen atoms in total. The van der Waals surface area contributed by atoms with E-state index >= 15 is 0 Å². The molecule has 0 unspecified atom stereocenters. The number of hydrogen-bond donors (Lipinski definition) is 6. The Labute approximate surface area is 229 Å². The van der Waals surface area contributed by atoms with Crippen LogP contribution in [0.1, 0.15) is 46.1 Å². The van der Waals surface area contributed by atoms with E-state index in [2.05, 4.69) is 26.6 Å². The van der Waals surface area contributed by atoms with E-state index in [1.807, 2.05) is 13.8 Å². The largest absolute Gasteiger partial charge is 0.461 e.